The summed E-state index contributed by atoms with van der Waals surface area (Å²) in [7, 11) is 0. The summed E-state index contributed by atoms with van der Waals surface area (Å²) in [5.41, 5.74) is 1.62. The van der Waals surface area contributed by atoms with Crippen LogP contribution in [-0.4, -0.2) is 21.7 Å². The minimum absolute atomic E-state index is 0.0760. The molecule has 0 fully saturated rings. The van der Waals surface area contributed by atoms with Gasteiger partial charge in [0, 0.05) is 0 Å². The lowest BCUT2D eigenvalue weighted by molar-refractivity contribution is 0.272. The molecule has 0 spiro atoms. The van der Waals surface area contributed by atoms with E-state index < -0.39 is 0 Å². The van der Waals surface area contributed by atoms with E-state index in [2.05, 4.69) is 9.97 Å². The number of aromatic nitrogens is 2. The number of fused-ring (bicyclic) bond motifs is 1. The Balaban J connectivity index is 1.86. The molecule has 0 saturated heterocycles. The SMILES string of the molecule is N#C/C(=C(/O)COc1ccccc1)c1nc2ccccc2[nH]1. The molecule has 1 heterocycles. The van der Waals surface area contributed by atoms with E-state index >= 15 is 0 Å². The highest BCUT2D eigenvalue weighted by Gasteiger charge is 2.13. The second kappa shape index (κ2) is 6.02. The van der Waals surface area contributed by atoms with Crippen molar-refractivity contribution in [2.75, 3.05) is 6.61 Å². The number of allylic oxidation sites excluding steroid dienone is 1. The van der Waals surface area contributed by atoms with E-state index in [1.807, 2.05) is 48.5 Å². The van der Waals surface area contributed by atoms with Gasteiger partial charge in [0.15, 0.2) is 11.6 Å². The largest absolute Gasteiger partial charge is 0.507 e. The van der Waals surface area contributed by atoms with Gasteiger partial charge in [0.05, 0.1) is 11.0 Å². The summed E-state index contributed by atoms with van der Waals surface area (Å²) in [4.78, 5) is 7.33. The van der Waals surface area contributed by atoms with Crippen molar-refractivity contribution in [3.63, 3.8) is 0 Å². The molecule has 1 aromatic heterocycles. The molecule has 0 amide bonds. The first-order valence-electron chi connectivity index (χ1n) is 6.73. The molecule has 2 N–H and O–H groups in total. The molecule has 5 nitrogen and oxygen atoms in total. The molecule has 3 aromatic rings. The first-order valence-corrected chi connectivity index (χ1v) is 6.73. The van der Waals surface area contributed by atoms with Crippen LogP contribution in [0.25, 0.3) is 16.6 Å². The molecule has 3 rings (SSSR count). The maximum Gasteiger partial charge on any atom is 0.152 e. The van der Waals surface area contributed by atoms with Crippen LogP contribution in [0.4, 0.5) is 0 Å². The Labute approximate surface area is 127 Å². The normalized spacial score (nSPS) is 11.8. The zero-order chi connectivity index (χ0) is 15.4. The fraction of sp³-hybridized carbons (Fsp3) is 0.0588. The highest BCUT2D eigenvalue weighted by Crippen LogP contribution is 2.19. The molecule has 108 valence electrons. The summed E-state index contributed by atoms with van der Waals surface area (Å²) in [6, 6.07) is 18.5. The molecule has 0 unspecified atom stereocenters. The van der Waals surface area contributed by atoms with Gasteiger partial charge in [-0.1, -0.05) is 30.3 Å². The zero-order valence-electron chi connectivity index (χ0n) is 11.7. The summed E-state index contributed by atoms with van der Waals surface area (Å²) in [5.74, 6) is 0.791. The van der Waals surface area contributed by atoms with Crippen LogP contribution < -0.4 is 4.74 Å². The van der Waals surface area contributed by atoms with Gasteiger partial charge in [0.2, 0.25) is 0 Å². The maximum absolute atomic E-state index is 10.1. The van der Waals surface area contributed by atoms with Gasteiger partial charge >= 0.3 is 0 Å². The van der Waals surface area contributed by atoms with Crippen molar-refractivity contribution in [1.29, 1.82) is 5.26 Å². The van der Waals surface area contributed by atoms with E-state index in [0.717, 1.165) is 11.0 Å². The van der Waals surface area contributed by atoms with Gasteiger partial charge in [-0.05, 0) is 24.3 Å². The Morgan fingerprint density at radius 2 is 1.86 bits per heavy atom. The molecule has 5 heteroatoms. The summed E-state index contributed by atoms with van der Waals surface area (Å²) in [6.07, 6.45) is 0. The van der Waals surface area contributed by atoms with Crippen molar-refractivity contribution < 1.29 is 9.84 Å². The Hall–Kier alpha value is -3.26. The van der Waals surface area contributed by atoms with Crippen molar-refractivity contribution in [3.05, 3.63) is 66.2 Å². The average Bonchev–Trinajstić information content (AvgIpc) is 2.98. The highest BCUT2D eigenvalue weighted by molar-refractivity contribution is 5.82. The number of benzene rings is 2. The van der Waals surface area contributed by atoms with Gasteiger partial charge in [0.1, 0.15) is 24.0 Å². The van der Waals surface area contributed by atoms with E-state index in [1.165, 1.54) is 0 Å². The number of nitriles is 1. The molecule has 22 heavy (non-hydrogen) atoms. The van der Waals surface area contributed by atoms with E-state index in [4.69, 9.17) is 4.74 Å². The van der Waals surface area contributed by atoms with Gasteiger partial charge in [-0.3, -0.25) is 0 Å². The lowest BCUT2D eigenvalue weighted by atomic mass is 10.2. The number of hydrogen-bond donors (Lipinski definition) is 2. The Kier molecular flexibility index (Phi) is 3.75. The number of nitrogens with one attached hydrogen (secondary N) is 1. The van der Waals surface area contributed by atoms with E-state index in [-0.39, 0.29) is 17.9 Å². The van der Waals surface area contributed by atoms with Crippen molar-refractivity contribution in [2.24, 2.45) is 0 Å². The molecule has 0 aliphatic carbocycles. The Morgan fingerprint density at radius 1 is 1.14 bits per heavy atom. The van der Waals surface area contributed by atoms with Crippen LogP contribution in [0.2, 0.25) is 0 Å². The molecule has 0 bridgehead atoms. The number of H-pyrrole nitrogens is 1. The second-order valence-electron chi connectivity index (χ2n) is 4.64. The van der Waals surface area contributed by atoms with Crippen LogP contribution in [0, 0.1) is 11.3 Å². The van der Waals surface area contributed by atoms with E-state index in [1.54, 1.807) is 12.1 Å². The number of para-hydroxylation sites is 3. The van der Waals surface area contributed by atoms with Crippen LogP contribution in [0.3, 0.4) is 0 Å². The van der Waals surface area contributed by atoms with Gasteiger partial charge in [-0.2, -0.15) is 5.26 Å². The van der Waals surface area contributed by atoms with Gasteiger partial charge in [-0.15, -0.1) is 0 Å². The van der Waals surface area contributed by atoms with Crippen LogP contribution in [-0.2, 0) is 0 Å². The molecule has 0 atom stereocenters. The Morgan fingerprint density at radius 3 is 2.59 bits per heavy atom. The van der Waals surface area contributed by atoms with Crippen molar-refractivity contribution in [3.8, 4) is 11.8 Å². The van der Waals surface area contributed by atoms with Crippen LogP contribution in [0.1, 0.15) is 5.82 Å². The van der Waals surface area contributed by atoms with Gasteiger partial charge in [0.25, 0.3) is 0 Å². The lowest BCUT2D eigenvalue weighted by Gasteiger charge is -2.06. The van der Waals surface area contributed by atoms with E-state index in [9.17, 15) is 10.4 Å². The maximum atomic E-state index is 10.1. The lowest BCUT2D eigenvalue weighted by Crippen LogP contribution is -2.04. The summed E-state index contributed by atoms with van der Waals surface area (Å²) < 4.78 is 5.45. The second-order valence-corrected chi connectivity index (χ2v) is 4.64. The summed E-state index contributed by atoms with van der Waals surface area (Å²) in [6.45, 7) is -0.0933. The quantitative estimate of drug-likeness (QED) is 0.570. The zero-order valence-corrected chi connectivity index (χ0v) is 11.7. The van der Waals surface area contributed by atoms with Crippen LogP contribution in [0.5, 0.6) is 5.75 Å². The molecular formula is C17H13N3O2. The fourth-order valence-corrected chi connectivity index (χ4v) is 2.07. The van der Waals surface area contributed by atoms with Crippen molar-refractivity contribution >= 4 is 16.6 Å². The predicted octanol–water partition coefficient (Wildman–Crippen LogP) is 3.43. The topological polar surface area (TPSA) is 81.9 Å². The van der Waals surface area contributed by atoms with E-state index in [0.29, 0.717) is 11.6 Å². The highest BCUT2D eigenvalue weighted by atomic mass is 16.5. The number of nitrogens with zero attached hydrogens (tertiary/aromatic N) is 2. The predicted molar refractivity (Wildman–Crippen MR) is 83.2 cm³/mol. The molecule has 0 saturated carbocycles. The number of rotatable bonds is 4. The van der Waals surface area contributed by atoms with Gasteiger partial charge < -0.3 is 14.8 Å². The molecule has 2 aromatic carbocycles. The molecule has 0 aliphatic heterocycles. The third-order valence-corrected chi connectivity index (χ3v) is 3.15. The monoisotopic (exact) mass is 291 g/mol. The number of imidazole rings is 1. The van der Waals surface area contributed by atoms with Gasteiger partial charge in [-0.25, -0.2) is 4.98 Å². The first-order chi connectivity index (χ1) is 10.8. The molecular weight excluding hydrogens is 278 g/mol. The fourth-order valence-electron chi connectivity index (χ4n) is 2.07. The number of aliphatic hydroxyl groups is 1. The summed E-state index contributed by atoms with van der Waals surface area (Å²) in [5, 5.41) is 19.4. The van der Waals surface area contributed by atoms with Crippen molar-refractivity contribution in [1.82, 2.24) is 9.97 Å². The third kappa shape index (κ3) is 2.76. The third-order valence-electron chi connectivity index (χ3n) is 3.15. The minimum Gasteiger partial charge on any atom is -0.507 e. The van der Waals surface area contributed by atoms with Crippen LogP contribution >= 0.6 is 0 Å². The smallest absolute Gasteiger partial charge is 0.152 e. The number of aromatic amines is 1. The average molecular weight is 291 g/mol. The number of ether oxygens (including phenoxy) is 1. The standard InChI is InChI=1S/C17H13N3O2/c18-10-13(16(21)11-22-12-6-2-1-3-7-12)17-19-14-8-4-5-9-15(14)20-17/h1-9,21H,11H2,(H,19,20)/b16-13-. The Bertz CT molecular complexity index is 827. The number of hydrogen-bond acceptors (Lipinski definition) is 4. The van der Waals surface area contributed by atoms with Crippen LogP contribution in [0.15, 0.2) is 60.4 Å². The van der Waals surface area contributed by atoms with Crippen molar-refractivity contribution in [2.45, 2.75) is 0 Å². The number of aliphatic hydroxyl groups excluding tert-OH is 1. The molecule has 0 radical (unpaired) electrons. The first kappa shape index (κ1) is 13.7. The molecule has 0 aliphatic rings. The summed E-state index contributed by atoms with van der Waals surface area (Å²) >= 11 is 0. The minimum atomic E-state index is -0.162.